The van der Waals surface area contributed by atoms with Gasteiger partial charge in [-0.05, 0) is 6.42 Å². The molecular weight excluding hydrogens is 198 g/mol. The smallest absolute Gasteiger partial charge is 0.320 e. The van der Waals surface area contributed by atoms with Crippen molar-refractivity contribution >= 4 is 5.97 Å². The summed E-state index contributed by atoms with van der Waals surface area (Å²) in [6.07, 6.45) is 1.65. The van der Waals surface area contributed by atoms with Crippen LogP contribution in [-0.2, 0) is 9.53 Å². The number of carbonyl (C=O) groups is 1. The van der Waals surface area contributed by atoms with Gasteiger partial charge in [-0.3, -0.25) is 4.79 Å². The number of carboxylic acids is 1. The molecule has 1 atom stereocenters. The number of aliphatic hydroxyl groups is 1. The molecule has 1 rings (SSSR count). The van der Waals surface area contributed by atoms with Crippen molar-refractivity contribution in [2.24, 2.45) is 0 Å². The van der Waals surface area contributed by atoms with Crippen LogP contribution >= 0.6 is 0 Å². The van der Waals surface area contributed by atoms with E-state index in [2.05, 4.69) is 5.32 Å². The summed E-state index contributed by atoms with van der Waals surface area (Å²) >= 11 is 0. The van der Waals surface area contributed by atoms with E-state index in [-0.39, 0.29) is 0 Å². The molecule has 0 radical (unpaired) electrons. The van der Waals surface area contributed by atoms with E-state index in [0.717, 1.165) is 0 Å². The van der Waals surface area contributed by atoms with Crippen molar-refractivity contribution in [3.05, 3.63) is 0 Å². The number of carboxylic acid groups (broad SMARTS) is 1. The zero-order valence-corrected chi connectivity index (χ0v) is 9.03. The lowest BCUT2D eigenvalue weighted by Crippen LogP contribution is -2.49. The molecule has 1 saturated heterocycles. The van der Waals surface area contributed by atoms with Crippen LogP contribution in [0.1, 0.15) is 26.2 Å². The minimum absolute atomic E-state index is 0.321. The molecule has 0 amide bonds. The first-order valence-corrected chi connectivity index (χ1v) is 5.34. The average molecular weight is 217 g/mol. The van der Waals surface area contributed by atoms with E-state index in [9.17, 15) is 9.90 Å². The highest BCUT2D eigenvalue weighted by Gasteiger charge is 2.30. The van der Waals surface area contributed by atoms with Crippen molar-refractivity contribution in [2.45, 2.75) is 37.8 Å². The Labute approximate surface area is 89.4 Å². The molecule has 1 heterocycles. The zero-order chi connectivity index (χ0) is 11.3. The molecule has 0 aromatic carbocycles. The normalized spacial score (nSPS) is 22.3. The van der Waals surface area contributed by atoms with Gasteiger partial charge in [0.05, 0.1) is 5.60 Å². The summed E-state index contributed by atoms with van der Waals surface area (Å²) in [7, 11) is 0. The van der Waals surface area contributed by atoms with Crippen LogP contribution in [0.3, 0.4) is 0 Å². The standard InChI is InChI=1S/C10H19NO4/c1-2-8(9(12)13)11-7-10(14)3-5-15-6-4-10/h8,11,14H,2-7H2,1H3,(H,12,13). The molecule has 3 N–H and O–H groups in total. The fourth-order valence-electron chi connectivity index (χ4n) is 1.65. The van der Waals surface area contributed by atoms with E-state index in [4.69, 9.17) is 9.84 Å². The van der Waals surface area contributed by atoms with Gasteiger partial charge < -0.3 is 20.3 Å². The van der Waals surface area contributed by atoms with Crippen molar-refractivity contribution in [3.63, 3.8) is 0 Å². The summed E-state index contributed by atoms with van der Waals surface area (Å²) in [4.78, 5) is 10.7. The van der Waals surface area contributed by atoms with Gasteiger partial charge >= 0.3 is 5.97 Å². The summed E-state index contributed by atoms with van der Waals surface area (Å²) in [5.74, 6) is -0.867. The molecule has 0 saturated carbocycles. The minimum atomic E-state index is -0.867. The summed E-state index contributed by atoms with van der Waals surface area (Å²) in [6.45, 7) is 3.21. The second-order valence-corrected chi connectivity index (χ2v) is 4.02. The fourth-order valence-corrected chi connectivity index (χ4v) is 1.65. The SMILES string of the molecule is CCC(NCC1(O)CCOCC1)C(=O)O. The molecule has 5 nitrogen and oxygen atoms in total. The predicted molar refractivity (Wildman–Crippen MR) is 54.7 cm³/mol. The Balaban J connectivity index is 2.36. The Bertz CT molecular complexity index is 213. The van der Waals surface area contributed by atoms with Gasteiger partial charge in [-0.15, -0.1) is 0 Å². The monoisotopic (exact) mass is 217 g/mol. The van der Waals surface area contributed by atoms with Crippen molar-refractivity contribution < 1.29 is 19.7 Å². The van der Waals surface area contributed by atoms with Crippen LogP contribution in [0.25, 0.3) is 0 Å². The summed E-state index contributed by atoms with van der Waals surface area (Å²) in [5.41, 5.74) is -0.804. The highest BCUT2D eigenvalue weighted by molar-refractivity contribution is 5.73. The van der Waals surface area contributed by atoms with Crippen molar-refractivity contribution in [3.8, 4) is 0 Å². The number of ether oxygens (including phenoxy) is 1. The van der Waals surface area contributed by atoms with Crippen molar-refractivity contribution in [1.29, 1.82) is 0 Å². The molecule has 15 heavy (non-hydrogen) atoms. The third-order valence-electron chi connectivity index (χ3n) is 2.81. The van der Waals surface area contributed by atoms with Gasteiger partial charge in [0.2, 0.25) is 0 Å². The average Bonchev–Trinajstić information content (AvgIpc) is 2.19. The Morgan fingerprint density at radius 1 is 1.53 bits per heavy atom. The third kappa shape index (κ3) is 3.77. The molecular formula is C10H19NO4. The molecule has 0 spiro atoms. The van der Waals surface area contributed by atoms with Crippen molar-refractivity contribution in [1.82, 2.24) is 5.32 Å². The Kier molecular flexibility index (Phi) is 4.50. The van der Waals surface area contributed by atoms with Gasteiger partial charge in [-0.2, -0.15) is 0 Å². The molecule has 0 bridgehead atoms. The Hall–Kier alpha value is -0.650. The maximum absolute atomic E-state index is 10.7. The molecule has 1 unspecified atom stereocenters. The van der Waals surface area contributed by atoms with E-state index < -0.39 is 17.6 Å². The highest BCUT2D eigenvalue weighted by atomic mass is 16.5. The van der Waals surface area contributed by atoms with E-state index in [0.29, 0.717) is 39.0 Å². The number of nitrogens with one attached hydrogen (secondary N) is 1. The molecule has 0 aliphatic carbocycles. The van der Waals surface area contributed by atoms with Crippen LogP contribution in [-0.4, -0.2) is 47.6 Å². The quantitative estimate of drug-likeness (QED) is 0.603. The van der Waals surface area contributed by atoms with Gasteiger partial charge in [0.25, 0.3) is 0 Å². The molecule has 88 valence electrons. The number of hydrogen-bond acceptors (Lipinski definition) is 4. The summed E-state index contributed by atoms with van der Waals surface area (Å²) in [6, 6.07) is -0.572. The lowest BCUT2D eigenvalue weighted by atomic mass is 9.94. The van der Waals surface area contributed by atoms with Crippen LogP contribution in [0.2, 0.25) is 0 Å². The summed E-state index contributed by atoms with van der Waals surface area (Å²) in [5, 5.41) is 21.8. The molecule has 5 heteroatoms. The second kappa shape index (κ2) is 5.44. The van der Waals surface area contributed by atoms with E-state index in [1.54, 1.807) is 6.92 Å². The number of rotatable bonds is 5. The zero-order valence-electron chi connectivity index (χ0n) is 9.03. The first kappa shape index (κ1) is 12.4. The molecule has 1 aliphatic rings. The Morgan fingerprint density at radius 2 is 2.13 bits per heavy atom. The maximum atomic E-state index is 10.7. The predicted octanol–water partition coefficient (Wildman–Crippen LogP) is -0.0193. The first-order valence-electron chi connectivity index (χ1n) is 5.34. The Morgan fingerprint density at radius 3 is 2.60 bits per heavy atom. The van der Waals surface area contributed by atoms with E-state index >= 15 is 0 Å². The minimum Gasteiger partial charge on any atom is -0.480 e. The maximum Gasteiger partial charge on any atom is 0.320 e. The van der Waals surface area contributed by atoms with Crippen LogP contribution in [0.15, 0.2) is 0 Å². The second-order valence-electron chi connectivity index (χ2n) is 4.02. The van der Waals surface area contributed by atoms with E-state index in [1.807, 2.05) is 0 Å². The third-order valence-corrected chi connectivity index (χ3v) is 2.81. The molecule has 1 fully saturated rings. The molecule has 0 aromatic heterocycles. The van der Waals surface area contributed by atoms with Gasteiger partial charge in [0.15, 0.2) is 0 Å². The van der Waals surface area contributed by atoms with Gasteiger partial charge in [0, 0.05) is 32.6 Å². The van der Waals surface area contributed by atoms with Crippen LogP contribution < -0.4 is 5.32 Å². The van der Waals surface area contributed by atoms with Gasteiger partial charge in [0.1, 0.15) is 6.04 Å². The number of aliphatic carboxylic acids is 1. The topological polar surface area (TPSA) is 78.8 Å². The van der Waals surface area contributed by atoms with Crippen LogP contribution in [0, 0.1) is 0 Å². The molecule has 1 aliphatic heterocycles. The molecule has 0 aromatic rings. The highest BCUT2D eigenvalue weighted by Crippen LogP contribution is 2.19. The van der Waals surface area contributed by atoms with Crippen LogP contribution in [0.5, 0.6) is 0 Å². The fraction of sp³-hybridized carbons (Fsp3) is 0.900. The van der Waals surface area contributed by atoms with Gasteiger partial charge in [-0.1, -0.05) is 6.92 Å². The summed E-state index contributed by atoms with van der Waals surface area (Å²) < 4.78 is 5.14. The van der Waals surface area contributed by atoms with Crippen molar-refractivity contribution in [2.75, 3.05) is 19.8 Å². The number of hydrogen-bond donors (Lipinski definition) is 3. The van der Waals surface area contributed by atoms with Gasteiger partial charge in [-0.25, -0.2) is 0 Å². The largest absolute Gasteiger partial charge is 0.480 e. The lowest BCUT2D eigenvalue weighted by molar-refractivity contribution is -0.140. The van der Waals surface area contributed by atoms with E-state index in [1.165, 1.54) is 0 Å². The van der Waals surface area contributed by atoms with Crippen LogP contribution in [0.4, 0.5) is 0 Å². The first-order chi connectivity index (χ1) is 7.07. The lowest BCUT2D eigenvalue weighted by Gasteiger charge is -2.33.